The molecule has 0 unspecified atom stereocenters. The second kappa shape index (κ2) is 14.9. The number of ether oxygens (including phenoxy) is 2. The molecular weight excluding hydrogens is 620 g/mol. The fourth-order valence-corrected chi connectivity index (χ4v) is 8.26. The number of nitrogens with zero attached hydrogens (tertiary/aromatic N) is 5. The number of hydrogen-bond acceptors (Lipinski definition) is 8. The zero-order valence-electron chi connectivity index (χ0n) is 29.5. The molecular formula is C38H52N6O5. The Morgan fingerprint density at radius 1 is 1.06 bits per heavy atom. The summed E-state index contributed by atoms with van der Waals surface area (Å²) in [6.07, 6.45) is 14.2. The number of fused-ring (bicyclic) bond motifs is 3. The van der Waals surface area contributed by atoms with Crippen molar-refractivity contribution in [3.63, 3.8) is 0 Å². The Bertz CT molecular complexity index is 1590. The number of carbonyl (C=O) groups excluding carboxylic acids is 2. The molecule has 0 aliphatic heterocycles. The number of aromatic nitrogens is 4. The Balaban J connectivity index is 1.20. The van der Waals surface area contributed by atoms with Crippen LogP contribution in [0.2, 0.25) is 0 Å². The highest BCUT2D eigenvalue weighted by atomic mass is 16.6. The highest BCUT2D eigenvalue weighted by molar-refractivity contribution is 5.94. The van der Waals surface area contributed by atoms with Gasteiger partial charge in [0.05, 0.1) is 19.0 Å². The van der Waals surface area contributed by atoms with Crippen molar-refractivity contribution in [2.45, 2.75) is 109 Å². The number of nitrogens with one attached hydrogen (secondary N) is 1. The molecule has 2 amide bonds. The van der Waals surface area contributed by atoms with Crippen LogP contribution in [0, 0.1) is 18.3 Å². The Hall–Kier alpha value is -3.99. The lowest BCUT2D eigenvalue weighted by Crippen LogP contribution is -2.52. The number of anilines is 1. The van der Waals surface area contributed by atoms with Gasteiger partial charge < -0.3 is 19.9 Å². The van der Waals surface area contributed by atoms with Crippen molar-refractivity contribution < 1.29 is 24.2 Å². The van der Waals surface area contributed by atoms with Gasteiger partial charge in [-0.1, -0.05) is 12.1 Å². The largest absolute Gasteiger partial charge is 0.496 e. The molecule has 4 aliphatic rings. The van der Waals surface area contributed by atoms with Gasteiger partial charge in [-0.3, -0.25) is 14.4 Å². The summed E-state index contributed by atoms with van der Waals surface area (Å²) in [5.74, 6) is 1.48. The maximum absolute atomic E-state index is 14.6. The van der Waals surface area contributed by atoms with Crippen LogP contribution in [0.25, 0.3) is 11.3 Å². The van der Waals surface area contributed by atoms with E-state index in [1.54, 1.807) is 13.4 Å². The minimum atomic E-state index is -0.464. The maximum Gasteiger partial charge on any atom is 0.407 e. The quantitative estimate of drug-likeness (QED) is 0.208. The zero-order chi connectivity index (χ0) is 34.6. The van der Waals surface area contributed by atoms with Crippen molar-refractivity contribution in [2.75, 3.05) is 31.7 Å². The average molecular weight is 673 g/mol. The number of rotatable bonds is 12. The number of aliphatic hydroxyl groups excluding tert-OH is 1. The van der Waals surface area contributed by atoms with Crippen LogP contribution in [0.15, 0.2) is 43.0 Å². The van der Waals surface area contributed by atoms with Crippen molar-refractivity contribution in [3.8, 4) is 17.0 Å². The minimum absolute atomic E-state index is 0.0178. The number of aryl methyl sites for hydroxylation is 1. The van der Waals surface area contributed by atoms with E-state index in [0.717, 1.165) is 55.5 Å². The molecule has 4 aliphatic carbocycles. The smallest absolute Gasteiger partial charge is 0.407 e. The lowest BCUT2D eigenvalue weighted by atomic mass is 9.51. The first-order chi connectivity index (χ1) is 23.6. The van der Waals surface area contributed by atoms with Gasteiger partial charge in [0.1, 0.15) is 24.0 Å². The highest BCUT2D eigenvalue weighted by Gasteiger charge is 2.51. The predicted molar refractivity (Wildman–Crippen MR) is 187 cm³/mol. The topological polar surface area (TPSA) is 132 Å². The first-order valence-corrected chi connectivity index (χ1v) is 18.0. The zero-order valence-corrected chi connectivity index (χ0v) is 29.5. The summed E-state index contributed by atoms with van der Waals surface area (Å²) in [6.45, 7) is 7.32. The summed E-state index contributed by atoms with van der Waals surface area (Å²) in [7, 11) is 1.72. The standard InChI is InChI=1S/C38H52N6O5/c1-26(2)44-23-29(22-42-44)32-21-34(41-25-40-32)43(35(46)28-6-9-31(10-7-28)49-36(47)39-18-5-19-45)24-37-12-15-38(16-13-37,17-14-37)30-8-11-33(48-4)27(3)20-30/h8,11,20-23,25-26,28,31,45H,5-7,9-10,12-19,24H2,1-4H3,(H,39,47)/t28-,31-,37?,38?. The number of benzene rings is 1. The summed E-state index contributed by atoms with van der Waals surface area (Å²) in [5.41, 5.74) is 4.43. The van der Waals surface area contributed by atoms with E-state index in [-0.39, 0.29) is 41.4 Å². The van der Waals surface area contributed by atoms with Crippen molar-refractivity contribution >= 4 is 17.8 Å². The molecule has 2 aromatic heterocycles. The van der Waals surface area contributed by atoms with Gasteiger partial charge in [-0.05, 0) is 119 Å². The van der Waals surface area contributed by atoms with Gasteiger partial charge in [0, 0.05) is 49.5 Å². The lowest BCUT2D eigenvalue weighted by molar-refractivity contribution is -0.124. The van der Waals surface area contributed by atoms with E-state index >= 15 is 0 Å². The lowest BCUT2D eigenvalue weighted by Gasteiger charge is -2.55. The molecule has 4 fully saturated rings. The highest BCUT2D eigenvalue weighted by Crippen LogP contribution is 2.58. The number of aliphatic hydroxyl groups is 1. The third kappa shape index (κ3) is 7.61. The van der Waals surface area contributed by atoms with E-state index in [1.165, 1.54) is 11.1 Å². The molecule has 2 heterocycles. The minimum Gasteiger partial charge on any atom is -0.496 e. The van der Waals surface area contributed by atoms with Gasteiger partial charge in [0.25, 0.3) is 0 Å². The van der Waals surface area contributed by atoms with E-state index in [0.29, 0.717) is 51.0 Å². The van der Waals surface area contributed by atoms with Crippen molar-refractivity contribution in [1.82, 2.24) is 25.1 Å². The number of hydrogen-bond donors (Lipinski definition) is 2. The summed E-state index contributed by atoms with van der Waals surface area (Å²) < 4.78 is 13.1. The van der Waals surface area contributed by atoms with Crippen LogP contribution in [0.3, 0.4) is 0 Å². The monoisotopic (exact) mass is 672 g/mol. The molecule has 49 heavy (non-hydrogen) atoms. The molecule has 11 nitrogen and oxygen atoms in total. The summed E-state index contributed by atoms with van der Waals surface area (Å²) >= 11 is 0. The number of methoxy groups -OCH3 is 1. The first kappa shape index (κ1) is 34.9. The van der Waals surface area contributed by atoms with Gasteiger partial charge >= 0.3 is 6.09 Å². The van der Waals surface area contributed by atoms with Crippen molar-refractivity contribution in [2.24, 2.45) is 11.3 Å². The van der Waals surface area contributed by atoms with E-state index in [4.69, 9.17) is 19.6 Å². The Labute approximate surface area is 289 Å². The van der Waals surface area contributed by atoms with Gasteiger partial charge in [-0.2, -0.15) is 5.10 Å². The molecule has 4 saturated carbocycles. The van der Waals surface area contributed by atoms with Gasteiger partial charge in [0.15, 0.2) is 0 Å². The third-order valence-electron chi connectivity index (χ3n) is 11.4. The fourth-order valence-electron chi connectivity index (χ4n) is 8.26. The second-order valence-corrected chi connectivity index (χ2v) is 14.8. The van der Waals surface area contributed by atoms with Crippen LogP contribution >= 0.6 is 0 Å². The average Bonchev–Trinajstić information content (AvgIpc) is 3.63. The Morgan fingerprint density at radius 2 is 1.80 bits per heavy atom. The predicted octanol–water partition coefficient (Wildman–Crippen LogP) is 6.53. The van der Waals surface area contributed by atoms with E-state index in [9.17, 15) is 9.59 Å². The first-order valence-electron chi connectivity index (χ1n) is 18.0. The fraction of sp³-hybridized carbons (Fsp3) is 0.605. The molecule has 0 radical (unpaired) electrons. The van der Waals surface area contributed by atoms with Crippen LogP contribution in [-0.4, -0.2) is 69.8 Å². The number of alkyl carbamates (subject to hydrolysis) is 1. The Morgan fingerprint density at radius 3 is 2.43 bits per heavy atom. The second-order valence-electron chi connectivity index (χ2n) is 14.8. The third-order valence-corrected chi connectivity index (χ3v) is 11.4. The van der Waals surface area contributed by atoms with Gasteiger partial charge in [-0.25, -0.2) is 14.8 Å². The molecule has 1 aromatic carbocycles. The molecule has 0 saturated heterocycles. The van der Waals surface area contributed by atoms with Crippen LogP contribution < -0.4 is 15.0 Å². The van der Waals surface area contributed by atoms with E-state index in [2.05, 4.69) is 54.4 Å². The van der Waals surface area contributed by atoms with Gasteiger partial charge in [-0.15, -0.1) is 0 Å². The van der Waals surface area contributed by atoms with Crippen LogP contribution in [0.5, 0.6) is 5.75 Å². The summed E-state index contributed by atoms with van der Waals surface area (Å²) in [6, 6.07) is 8.84. The van der Waals surface area contributed by atoms with E-state index in [1.807, 2.05) is 28.0 Å². The molecule has 7 rings (SSSR count). The normalized spacial score (nSPS) is 24.9. The molecule has 2 bridgehead atoms. The molecule has 11 heteroatoms. The number of carbonyl (C=O) groups is 2. The molecule has 0 atom stereocenters. The van der Waals surface area contributed by atoms with Gasteiger partial charge in [0.2, 0.25) is 5.91 Å². The van der Waals surface area contributed by atoms with Crippen LogP contribution in [0.1, 0.15) is 102 Å². The van der Waals surface area contributed by atoms with Crippen molar-refractivity contribution in [1.29, 1.82) is 0 Å². The SMILES string of the molecule is COc1ccc(C23CCC(CN(c4cc(-c5cnn(C(C)C)c5)ncn4)C(=O)[C@H]4CC[C@H](OC(=O)NCCCO)CC4)(CC2)CC3)cc1C. The maximum atomic E-state index is 14.6. The summed E-state index contributed by atoms with van der Waals surface area (Å²) in [5, 5.41) is 16.2. The molecule has 2 N–H and O–H groups in total. The molecule has 264 valence electrons. The molecule has 3 aromatic rings. The Kier molecular flexibility index (Phi) is 10.6. The van der Waals surface area contributed by atoms with Crippen LogP contribution in [-0.2, 0) is 14.9 Å². The van der Waals surface area contributed by atoms with Crippen molar-refractivity contribution in [3.05, 3.63) is 54.1 Å². The summed E-state index contributed by atoms with van der Waals surface area (Å²) in [4.78, 5) is 38.0. The number of amides is 2. The molecule has 0 spiro atoms. The van der Waals surface area contributed by atoms with Crippen LogP contribution in [0.4, 0.5) is 10.6 Å². The van der Waals surface area contributed by atoms with E-state index < -0.39 is 6.09 Å².